The van der Waals surface area contributed by atoms with Crippen molar-refractivity contribution in [1.82, 2.24) is 14.8 Å². The SMILES string of the molecule is Cc1cc(C(=O)O)c2c(C3CC3)nn(C(C)C)c2n1. The summed E-state index contributed by atoms with van der Waals surface area (Å²) in [6, 6.07) is 1.81. The Morgan fingerprint density at radius 1 is 1.47 bits per heavy atom. The van der Waals surface area contributed by atoms with Crippen molar-refractivity contribution in [3.63, 3.8) is 0 Å². The van der Waals surface area contributed by atoms with Gasteiger partial charge in [0.1, 0.15) is 0 Å². The Hall–Kier alpha value is -1.91. The fourth-order valence-corrected chi connectivity index (χ4v) is 2.46. The van der Waals surface area contributed by atoms with Crippen molar-refractivity contribution in [2.24, 2.45) is 0 Å². The summed E-state index contributed by atoms with van der Waals surface area (Å²) in [5.74, 6) is -0.495. The summed E-state index contributed by atoms with van der Waals surface area (Å²) in [5, 5.41) is 14.8. The van der Waals surface area contributed by atoms with Crippen LogP contribution in [-0.2, 0) is 0 Å². The first kappa shape index (κ1) is 12.1. The highest BCUT2D eigenvalue weighted by molar-refractivity contribution is 6.03. The number of nitrogens with zero attached hydrogens (tertiary/aromatic N) is 3. The van der Waals surface area contributed by atoms with E-state index in [-0.39, 0.29) is 6.04 Å². The molecule has 1 aliphatic carbocycles. The van der Waals surface area contributed by atoms with E-state index in [1.807, 2.05) is 25.5 Å². The molecule has 0 amide bonds. The van der Waals surface area contributed by atoms with E-state index in [0.29, 0.717) is 22.8 Å². The molecule has 0 saturated heterocycles. The molecule has 2 aromatic rings. The van der Waals surface area contributed by atoms with Crippen LogP contribution < -0.4 is 0 Å². The highest BCUT2D eigenvalue weighted by Crippen LogP contribution is 2.43. The molecule has 1 saturated carbocycles. The van der Waals surface area contributed by atoms with E-state index >= 15 is 0 Å². The summed E-state index contributed by atoms with van der Waals surface area (Å²) in [6.45, 7) is 5.89. The second-order valence-electron chi connectivity index (χ2n) is 5.51. The van der Waals surface area contributed by atoms with E-state index in [9.17, 15) is 9.90 Å². The molecule has 0 atom stereocenters. The van der Waals surface area contributed by atoms with Crippen molar-refractivity contribution >= 4 is 17.0 Å². The minimum atomic E-state index is -0.902. The van der Waals surface area contributed by atoms with Crippen LogP contribution in [0.1, 0.15) is 60.4 Å². The Morgan fingerprint density at radius 3 is 2.68 bits per heavy atom. The normalized spacial score (nSPS) is 15.4. The molecule has 0 aromatic carbocycles. The first-order valence-electron chi connectivity index (χ1n) is 6.62. The predicted octanol–water partition coefficient (Wildman–Crippen LogP) is 2.90. The van der Waals surface area contributed by atoms with Crippen molar-refractivity contribution in [3.8, 4) is 0 Å². The standard InChI is InChI=1S/C14H17N3O2/c1-7(2)17-13-11(12(16-17)9-4-5-9)10(14(18)19)6-8(3)15-13/h6-7,9H,4-5H2,1-3H3,(H,18,19). The molecule has 1 fully saturated rings. The first-order valence-corrected chi connectivity index (χ1v) is 6.62. The van der Waals surface area contributed by atoms with Crippen molar-refractivity contribution < 1.29 is 9.90 Å². The van der Waals surface area contributed by atoms with Gasteiger partial charge in [0.15, 0.2) is 5.65 Å². The van der Waals surface area contributed by atoms with Gasteiger partial charge in [-0.2, -0.15) is 5.10 Å². The molecule has 0 spiro atoms. The lowest BCUT2D eigenvalue weighted by molar-refractivity contribution is 0.0698. The number of hydrogen-bond donors (Lipinski definition) is 1. The Morgan fingerprint density at radius 2 is 2.16 bits per heavy atom. The van der Waals surface area contributed by atoms with Gasteiger partial charge < -0.3 is 5.11 Å². The minimum absolute atomic E-state index is 0.172. The average molecular weight is 259 g/mol. The molecule has 0 bridgehead atoms. The molecule has 1 aliphatic rings. The monoisotopic (exact) mass is 259 g/mol. The summed E-state index contributed by atoms with van der Waals surface area (Å²) in [7, 11) is 0. The minimum Gasteiger partial charge on any atom is -0.478 e. The van der Waals surface area contributed by atoms with E-state index in [1.54, 1.807) is 6.07 Å². The number of carboxylic acids is 1. The molecule has 5 nitrogen and oxygen atoms in total. The lowest BCUT2D eigenvalue weighted by Gasteiger charge is -2.07. The number of aryl methyl sites for hydroxylation is 1. The molecule has 0 unspecified atom stereocenters. The smallest absolute Gasteiger partial charge is 0.336 e. The van der Waals surface area contributed by atoms with E-state index in [0.717, 1.165) is 23.9 Å². The maximum Gasteiger partial charge on any atom is 0.336 e. The van der Waals surface area contributed by atoms with Crippen LogP contribution in [0.25, 0.3) is 11.0 Å². The zero-order valence-electron chi connectivity index (χ0n) is 11.3. The number of rotatable bonds is 3. The predicted molar refractivity (Wildman–Crippen MR) is 71.6 cm³/mol. The van der Waals surface area contributed by atoms with Crippen molar-refractivity contribution in [3.05, 3.63) is 23.0 Å². The van der Waals surface area contributed by atoms with Gasteiger partial charge in [-0.1, -0.05) is 0 Å². The molecular formula is C14H17N3O2. The summed E-state index contributed by atoms with van der Waals surface area (Å²) in [4.78, 5) is 16.0. The van der Waals surface area contributed by atoms with Gasteiger partial charge >= 0.3 is 5.97 Å². The lowest BCUT2D eigenvalue weighted by atomic mass is 10.1. The Kier molecular flexibility index (Phi) is 2.59. The largest absolute Gasteiger partial charge is 0.478 e. The second-order valence-corrected chi connectivity index (χ2v) is 5.51. The average Bonchev–Trinajstić information content (AvgIpc) is 3.09. The molecule has 3 rings (SSSR count). The van der Waals surface area contributed by atoms with Crippen molar-refractivity contribution in [1.29, 1.82) is 0 Å². The lowest BCUT2D eigenvalue weighted by Crippen LogP contribution is -2.05. The molecule has 5 heteroatoms. The molecular weight excluding hydrogens is 242 g/mol. The topological polar surface area (TPSA) is 68.0 Å². The third kappa shape index (κ3) is 1.89. The second kappa shape index (κ2) is 4.05. The molecule has 2 heterocycles. The van der Waals surface area contributed by atoms with E-state index in [1.165, 1.54) is 0 Å². The van der Waals surface area contributed by atoms with E-state index in [2.05, 4.69) is 10.1 Å². The third-order valence-corrected chi connectivity index (χ3v) is 3.50. The van der Waals surface area contributed by atoms with Crippen LogP contribution in [0.15, 0.2) is 6.07 Å². The van der Waals surface area contributed by atoms with Crippen LogP contribution in [0.5, 0.6) is 0 Å². The Balaban J connectivity index is 2.39. The van der Waals surface area contributed by atoms with Gasteiger partial charge in [-0.15, -0.1) is 0 Å². The van der Waals surface area contributed by atoms with Crippen molar-refractivity contribution in [2.45, 2.75) is 45.6 Å². The van der Waals surface area contributed by atoms with Crippen LogP contribution >= 0.6 is 0 Å². The fraction of sp³-hybridized carbons (Fsp3) is 0.500. The maximum absolute atomic E-state index is 11.5. The Bertz CT molecular complexity index is 669. The van der Waals surface area contributed by atoms with Gasteiger partial charge in [-0.25, -0.2) is 14.5 Å². The summed E-state index contributed by atoms with van der Waals surface area (Å²) in [5.41, 5.74) is 2.66. The Labute approximate surface area is 111 Å². The molecule has 0 radical (unpaired) electrons. The van der Waals surface area contributed by atoms with Gasteiger partial charge in [0.05, 0.1) is 16.6 Å². The van der Waals surface area contributed by atoms with Crippen LogP contribution in [0.3, 0.4) is 0 Å². The van der Waals surface area contributed by atoms with Crippen LogP contribution in [-0.4, -0.2) is 25.8 Å². The number of aromatic carboxylic acids is 1. The number of hydrogen-bond acceptors (Lipinski definition) is 3. The fourth-order valence-electron chi connectivity index (χ4n) is 2.46. The number of aromatic nitrogens is 3. The first-order chi connectivity index (χ1) is 8.99. The van der Waals surface area contributed by atoms with Gasteiger partial charge in [0.2, 0.25) is 0 Å². The quantitative estimate of drug-likeness (QED) is 0.920. The zero-order valence-corrected chi connectivity index (χ0v) is 11.3. The number of fused-ring (bicyclic) bond motifs is 1. The summed E-state index contributed by atoms with van der Waals surface area (Å²) >= 11 is 0. The van der Waals surface area contributed by atoms with Gasteiger partial charge in [-0.05, 0) is 39.7 Å². The summed E-state index contributed by atoms with van der Waals surface area (Å²) in [6.07, 6.45) is 2.19. The molecule has 2 aromatic heterocycles. The molecule has 0 aliphatic heterocycles. The van der Waals surface area contributed by atoms with Gasteiger partial charge in [0.25, 0.3) is 0 Å². The van der Waals surface area contributed by atoms with E-state index in [4.69, 9.17) is 0 Å². The zero-order chi connectivity index (χ0) is 13.7. The highest BCUT2D eigenvalue weighted by atomic mass is 16.4. The molecule has 100 valence electrons. The maximum atomic E-state index is 11.5. The van der Waals surface area contributed by atoms with Crippen LogP contribution in [0.4, 0.5) is 0 Å². The highest BCUT2D eigenvalue weighted by Gasteiger charge is 2.32. The van der Waals surface area contributed by atoms with Gasteiger partial charge in [-0.3, -0.25) is 0 Å². The number of carboxylic acid groups (broad SMARTS) is 1. The third-order valence-electron chi connectivity index (χ3n) is 3.50. The van der Waals surface area contributed by atoms with Crippen LogP contribution in [0, 0.1) is 6.92 Å². The molecule has 1 N–H and O–H groups in total. The summed E-state index contributed by atoms with van der Waals surface area (Å²) < 4.78 is 1.85. The van der Waals surface area contributed by atoms with Crippen molar-refractivity contribution in [2.75, 3.05) is 0 Å². The van der Waals surface area contributed by atoms with Crippen LogP contribution in [0.2, 0.25) is 0 Å². The number of carbonyl (C=O) groups is 1. The van der Waals surface area contributed by atoms with Gasteiger partial charge in [0, 0.05) is 17.7 Å². The number of pyridine rings is 1. The van der Waals surface area contributed by atoms with E-state index < -0.39 is 5.97 Å². The molecule has 19 heavy (non-hydrogen) atoms.